The minimum absolute atomic E-state index is 1.14. The van der Waals surface area contributed by atoms with E-state index in [1.807, 2.05) is 0 Å². The van der Waals surface area contributed by atoms with E-state index in [9.17, 15) is 0 Å². The molecule has 0 saturated carbocycles. The van der Waals surface area contributed by atoms with Crippen molar-refractivity contribution in [3.63, 3.8) is 0 Å². The summed E-state index contributed by atoms with van der Waals surface area (Å²) in [5.74, 6) is 0. The topological polar surface area (TPSA) is 3.24 Å². The molecule has 19 heavy (non-hydrogen) atoms. The standard InChI is InChI=1S/C17H36BrN/c1-3-5-6-7-8-9-10-11-12-13-16-19(4-2)17-14-15-18/h3-17H2,1-2H3. The number of nitrogens with zero attached hydrogens (tertiary/aromatic N) is 1. The van der Waals surface area contributed by atoms with Crippen molar-refractivity contribution in [2.75, 3.05) is 25.0 Å². The third kappa shape index (κ3) is 14.7. The Hall–Kier alpha value is 0.440. The maximum atomic E-state index is 3.51. The first-order valence-electron chi connectivity index (χ1n) is 8.63. The first kappa shape index (κ1) is 19.4. The van der Waals surface area contributed by atoms with Crippen molar-refractivity contribution in [3.8, 4) is 0 Å². The van der Waals surface area contributed by atoms with E-state index in [0.717, 1.165) is 5.33 Å². The Bertz CT molecular complexity index is 161. The van der Waals surface area contributed by atoms with Gasteiger partial charge in [-0.1, -0.05) is 87.6 Å². The Labute approximate surface area is 130 Å². The first-order valence-corrected chi connectivity index (χ1v) is 9.75. The number of hydrogen-bond acceptors (Lipinski definition) is 1. The van der Waals surface area contributed by atoms with Gasteiger partial charge >= 0.3 is 0 Å². The lowest BCUT2D eigenvalue weighted by molar-refractivity contribution is 0.282. The van der Waals surface area contributed by atoms with Crippen molar-refractivity contribution in [3.05, 3.63) is 0 Å². The molecule has 0 rings (SSSR count). The molecule has 0 aliphatic rings. The van der Waals surface area contributed by atoms with Gasteiger partial charge in [-0.15, -0.1) is 0 Å². The molecule has 0 spiro atoms. The lowest BCUT2D eigenvalue weighted by Gasteiger charge is -2.19. The second-order valence-electron chi connectivity index (χ2n) is 5.66. The quantitative estimate of drug-likeness (QED) is 0.262. The fraction of sp³-hybridized carbons (Fsp3) is 1.00. The van der Waals surface area contributed by atoms with Crippen molar-refractivity contribution in [1.29, 1.82) is 0 Å². The maximum Gasteiger partial charge on any atom is 0.00434 e. The van der Waals surface area contributed by atoms with Gasteiger partial charge in [0.05, 0.1) is 0 Å². The van der Waals surface area contributed by atoms with Crippen LogP contribution >= 0.6 is 15.9 Å². The van der Waals surface area contributed by atoms with Crippen LogP contribution in [-0.4, -0.2) is 29.9 Å². The molecule has 0 amide bonds. The van der Waals surface area contributed by atoms with Crippen LogP contribution < -0.4 is 0 Å². The zero-order valence-corrected chi connectivity index (χ0v) is 15.0. The van der Waals surface area contributed by atoms with Gasteiger partial charge in [0.15, 0.2) is 0 Å². The van der Waals surface area contributed by atoms with E-state index in [1.54, 1.807) is 0 Å². The molecule has 116 valence electrons. The van der Waals surface area contributed by atoms with Gasteiger partial charge in [0, 0.05) is 5.33 Å². The van der Waals surface area contributed by atoms with Crippen molar-refractivity contribution >= 4 is 15.9 Å². The van der Waals surface area contributed by atoms with Crippen molar-refractivity contribution in [2.24, 2.45) is 0 Å². The van der Waals surface area contributed by atoms with Crippen LogP contribution in [0.5, 0.6) is 0 Å². The van der Waals surface area contributed by atoms with E-state index in [2.05, 4.69) is 34.7 Å². The van der Waals surface area contributed by atoms with Crippen LogP contribution in [-0.2, 0) is 0 Å². The van der Waals surface area contributed by atoms with Crippen LogP contribution in [0, 0.1) is 0 Å². The van der Waals surface area contributed by atoms with Crippen LogP contribution in [0.25, 0.3) is 0 Å². The summed E-state index contributed by atoms with van der Waals surface area (Å²) in [6.07, 6.45) is 15.7. The molecular weight excluding hydrogens is 298 g/mol. The van der Waals surface area contributed by atoms with Crippen molar-refractivity contribution in [1.82, 2.24) is 4.90 Å². The molecule has 0 aromatic heterocycles. The second kappa shape index (κ2) is 16.5. The average Bonchev–Trinajstić information content (AvgIpc) is 2.44. The first-order chi connectivity index (χ1) is 9.35. The molecular formula is C17H36BrN. The molecule has 0 fully saturated rings. The fourth-order valence-corrected chi connectivity index (χ4v) is 2.79. The Morgan fingerprint density at radius 1 is 0.632 bits per heavy atom. The van der Waals surface area contributed by atoms with Gasteiger partial charge in [-0.05, 0) is 32.5 Å². The lowest BCUT2D eigenvalue weighted by Crippen LogP contribution is -2.25. The summed E-state index contributed by atoms with van der Waals surface area (Å²) in [6, 6.07) is 0. The largest absolute Gasteiger partial charge is 0.304 e. The van der Waals surface area contributed by atoms with E-state index >= 15 is 0 Å². The maximum absolute atomic E-state index is 3.51. The van der Waals surface area contributed by atoms with Crippen molar-refractivity contribution in [2.45, 2.75) is 84.5 Å². The van der Waals surface area contributed by atoms with Crippen LogP contribution in [0.15, 0.2) is 0 Å². The Morgan fingerprint density at radius 2 is 1.11 bits per heavy atom. The predicted octanol–water partition coefficient (Wildman–Crippen LogP) is 6.01. The highest BCUT2D eigenvalue weighted by molar-refractivity contribution is 9.09. The Morgan fingerprint density at radius 3 is 1.58 bits per heavy atom. The van der Waals surface area contributed by atoms with Crippen LogP contribution in [0.3, 0.4) is 0 Å². The Balaban J connectivity index is 3.16. The molecule has 0 aliphatic heterocycles. The molecule has 0 atom stereocenters. The molecule has 0 unspecified atom stereocenters. The number of halogens is 1. The third-order valence-corrected chi connectivity index (χ3v) is 4.44. The summed E-state index contributed by atoms with van der Waals surface area (Å²) in [4.78, 5) is 2.59. The minimum atomic E-state index is 1.14. The van der Waals surface area contributed by atoms with Gasteiger partial charge in [-0.2, -0.15) is 0 Å². The van der Waals surface area contributed by atoms with Gasteiger partial charge in [-0.25, -0.2) is 0 Å². The van der Waals surface area contributed by atoms with Crippen molar-refractivity contribution < 1.29 is 0 Å². The predicted molar refractivity (Wildman–Crippen MR) is 92.4 cm³/mol. The molecule has 0 aromatic rings. The minimum Gasteiger partial charge on any atom is -0.304 e. The summed E-state index contributed by atoms with van der Waals surface area (Å²) in [7, 11) is 0. The summed E-state index contributed by atoms with van der Waals surface area (Å²) in [6.45, 7) is 8.35. The second-order valence-corrected chi connectivity index (χ2v) is 6.45. The third-order valence-electron chi connectivity index (χ3n) is 3.88. The molecule has 2 heteroatoms. The van der Waals surface area contributed by atoms with E-state index in [1.165, 1.54) is 90.3 Å². The van der Waals surface area contributed by atoms with Gasteiger partial charge in [0.1, 0.15) is 0 Å². The number of unbranched alkanes of at least 4 members (excludes halogenated alkanes) is 9. The van der Waals surface area contributed by atoms with E-state index in [0.29, 0.717) is 0 Å². The molecule has 1 nitrogen and oxygen atoms in total. The average molecular weight is 334 g/mol. The smallest absolute Gasteiger partial charge is 0.00434 e. The van der Waals surface area contributed by atoms with Crippen LogP contribution in [0.1, 0.15) is 84.5 Å². The van der Waals surface area contributed by atoms with Gasteiger partial charge in [-0.3, -0.25) is 0 Å². The normalized spacial score (nSPS) is 11.4. The molecule has 0 bridgehead atoms. The zero-order chi connectivity index (χ0) is 14.2. The number of hydrogen-bond donors (Lipinski definition) is 0. The number of alkyl halides is 1. The molecule has 0 N–H and O–H groups in total. The highest BCUT2D eigenvalue weighted by Gasteiger charge is 2.00. The highest BCUT2D eigenvalue weighted by atomic mass is 79.9. The highest BCUT2D eigenvalue weighted by Crippen LogP contribution is 2.10. The lowest BCUT2D eigenvalue weighted by atomic mass is 10.1. The molecule has 0 saturated heterocycles. The Kier molecular flexibility index (Phi) is 16.9. The van der Waals surface area contributed by atoms with Gasteiger partial charge in [0.2, 0.25) is 0 Å². The monoisotopic (exact) mass is 333 g/mol. The van der Waals surface area contributed by atoms with Gasteiger partial charge in [0.25, 0.3) is 0 Å². The SMILES string of the molecule is CCCCCCCCCCCCN(CC)CCCBr. The molecule has 0 aliphatic carbocycles. The van der Waals surface area contributed by atoms with E-state index in [-0.39, 0.29) is 0 Å². The fourth-order valence-electron chi connectivity index (χ4n) is 2.53. The summed E-state index contributed by atoms with van der Waals surface area (Å²) >= 11 is 3.51. The van der Waals surface area contributed by atoms with Crippen LogP contribution in [0.4, 0.5) is 0 Å². The number of rotatable bonds is 15. The molecule has 0 aromatic carbocycles. The van der Waals surface area contributed by atoms with Gasteiger partial charge < -0.3 is 4.90 Å². The van der Waals surface area contributed by atoms with E-state index < -0.39 is 0 Å². The summed E-state index contributed by atoms with van der Waals surface area (Å²) in [5.41, 5.74) is 0. The van der Waals surface area contributed by atoms with E-state index in [4.69, 9.17) is 0 Å². The zero-order valence-electron chi connectivity index (χ0n) is 13.4. The molecule has 0 radical (unpaired) electrons. The molecule has 0 heterocycles. The summed E-state index contributed by atoms with van der Waals surface area (Å²) in [5, 5.41) is 1.14. The summed E-state index contributed by atoms with van der Waals surface area (Å²) < 4.78 is 0. The van der Waals surface area contributed by atoms with Crippen LogP contribution in [0.2, 0.25) is 0 Å².